The van der Waals surface area contributed by atoms with Gasteiger partial charge in [0.1, 0.15) is 12.7 Å². The summed E-state index contributed by atoms with van der Waals surface area (Å²) < 4.78 is 26.6. The zero-order valence-corrected chi connectivity index (χ0v) is 16.1. The molecule has 1 saturated heterocycles. The van der Waals surface area contributed by atoms with Crippen LogP contribution in [0.3, 0.4) is 0 Å². The largest absolute Gasteiger partial charge is 0.463 e. The molecule has 0 aliphatic carbocycles. The maximum Gasteiger partial charge on any atom is 0.303 e. The summed E-state index contributed by atoms with van der Waals surface area (Å²) in [5.74, 6) is -2.63. The molecule has 0 radical (unpaired) electrons. The van der Waals surface area contributed by atoms with Gasteiger partial charge in [-0.2, -0.15) is 5.06 Å². The fourth-order valence-electron chi connectivity index (χ4n) is 2.60. The third-order valence-corrected chi connectivity index (χ3v) is 3.61. The molecule has 27 heavy (non-hydrogen) atoms. The van der Waals surface area contributed by atoms with Crippen LogP contribution < -0.4 is 0 Å². The molecule has 0 unspecified atom stereocenters. The van der Waals surface area contributed by atoms with Gasteiger partial charge in [0.05, 0.1) is 7.11 Å². The lowest BCUT2D eigenvalue weighted by Gasteiger charge is -2.46. The number of hydrogen-bond donors (Lipinski definition) is 0. The van der Waals surface area contributed by atoms with E-state index >= 15 is 0 Å². The highest BCUT2D eigenvalue weighted by molar-refractivity contribution is 5.68. The van der Waals surface area contributed by atoms with Crippen LogP contribution >= 0.6 is 0 Å². The molecule has 0 bridgehead atoms. The number of hydroxylamine groups is 2. The van der Waals surface area contributed by atoms with Crippen molar-refractivity contribution in [1.29, 1.82) is 0 Å². The van der Waals surface area contributed by atoms with Crippen molar-refractivity contribution in [3.63, 3.8) is 0 Å². The van der Waals surface area contributed by atoms with Crippen molar-refractivity contribution in [2.75, 3.05) is 20.8 Å². The second kappa shape index (κ2) is 10.2. The molecule has 1 aliphatic heterocycles. The molecule has 0 aromatic heterocycles. The predicted molar refractivity (Wildman–Crippen MR) is 86.7 cm³/mol. The Kier molecular flexibility index (Phi) is 8.60. The van der Waals surface area contributed by atoms with Crippen molar-refractivity contribution >= 4 is 23.9 Å². The Morgan fingerprint density at radius 2 is 1.30 bits per heavy atom. The van der Waals surface area contributed by atoms with Gasteiger partial charge in [0.2, 0.25) is 0 Å². The molecular weight excluding hydrogens is 366 g/mol. The van der Waals surface area contributed by atoms with Gasteiger partial charge in [-0.1, -0.05) is 0 Å². The number of esters is 4. The standard InChI is InChI=1S/C16H25NO10/c1-8(18)23-7-12-13(24-9(2)19)14(25-10(3)20)15(26-11(4)21)16(27-12)17(5)22-6/h12-16H,7H2,1-6H3/t12-,13-,14+,15-,16-/m1/s1. The van der Waals surface area contributed by atoms with Crippen molar-refractivity contribution in [3.05, 3.63) is 0 Å². The van der Waals surface area contributed by atoms with E-state index < -0.39 is 54.5 Å². The molecule has 0 spiro atoms. The highest BCUT2D eigenvalue weighted by Crippen LogP contribution is 2.30. The maximum absolute atomic E-state index is 11.6. The molecule has 1 fully saturated rings. The molecule has 1 rings (SSSR count). The van der Waals surface area contributed by atoms with Crippen LogP contribution in [0.2, 0.25) is 0 Å². The van der Waals surface area contributed by atoms with Crippen LogP contribution in [0.5, 0.6) is 0 Å². The number of ether oxygens (including phenoxy) is 5. The first kappa shape index (κ1) is 22.8. The SMILES string of the molecule is CON(C)[C@@H]1O[C@H](COC(C)=O)[C@@H](OC(C)=O)[C@H](OC(C)=O)[C@H]1OC(C)=O. The minimum Gasteiger partial charge on any atom is -0.463 e. The number of carbonyl (C=O) groups excluding carboxylic acids is 4. The zero-order valence-electron chi connectivity index (χ0n) is 16.1. The van der Waals surface area contributed by atoms with E-state index in [-0.39, 0.29) is 6.61 Å². The second-order valence-corrected chi connectivity index (χ2v) is 5.82. The van der Waals surface area contributed by atoms with Gasteiger partial charge in [-0.15, -0.1) is 0 Å². The highest BCUT2D eigenvalue weighted by Gasteiger charge is 2.53. The van der Waals surface area contributed by atoms with Gasteiger partial charge in [0.25, 0.3) is 0 Å². The van der Waals surface area contributed by atoms with Gasteiger partial charge < -0.3 is 23.7 Å². The van der Waals surface area contributed by atoms with E-state index in [4.69, 9.17) is 28.5 Å². The Morgan fingerprint density at radius 1 is 0.815 bits per heavy atom. The van der Waals surface area contributed by atoms with E-state index in [0.717, 1.165) is 13.8 Å². The zero-order chi connectivity index (χ0) is 20.7. The van der Waals surface area contributed by atoms with E-state index in [1.165, 1.54) is 33.1 Å². The molecule has 0 saturated carbocycles. The van der Waals surface area contributed by atoms with Gasteiger partial charge in [-0.25, -0.2) is 0 Å². The number of hydrogen-bond acceptors (Lipinski definition) is 11. The van der Waals surface area contributed by atoms with E-state index in [1.54, 1.807) is 0 Å². The van der Waals surface area contributed by atoms with Gasteiger partial charge >= 0.3 is 23.9 Å². The maximum atomic E-state index is 11.6. The van der Waals surface area contributed by atoms with Gasteiger partial charge in [0, 0.05) is 34.7 Å². The summed E-state index contributed by atoms with van der Waals surface area (Å²) in [6.07, 6.45) is -5.61. The monoisotopic (exact) mass is 391 g/mol. The van der Waals surface area contributed by atoms with Gasteiger partial charge in [-0.3, -0.25) is 24.0 Å². The highest BCUT2D eigenvalue weighted by atomic mass is 16.7. The third-order valence-electron chi connectivity index (χ3n) is 3.61. The third kappa shape index (κ3) is 6.77. The van der Waals surface area contributed by atoms with Crippen LogP contribution in [0.15, 0.2) is 0 Å². The molecule has 5 atom stereocenters. The Morgan fingerprint density at radius 3 is 1.74 bits per heavy atom. The van der Waals surface area contributed by atoms with Crippen molar-refractivity contribution in [2.24, 2.45) is 0 Å². The number of nitrogens with zero attached hydrogens (tertiary/aromatic N) is 1. The van der Waals surface area contributed by atoms with Crippen molar-refractivity contribution in [3.8, 4) is 0 Å². The van der Waals surface area contributed by atoms with E-state index in [0.29, 0.717) is 0 Å². The molecule has 1 heterocycles. The molecule has 0 aromatic carbocycles. The molecule has 0 N–H and O–H groups in total. The summed E-state index contributed by atoms with van der Waals surface area (Å²) in [5, 5.41) is 1.23. The molecular formula is C16H25NO10. The molecule has 11 nitrogen and oxygen atoms in total. The molecule has 0 aromatic rings. The van der Waals surface area contributed by atoms with E-state index in [1.807, 2.05) is 0 Å². The lowest BCUT2D eigenvalue weighted by atomic mass is 9.97. The van der Waals surface area contributed by atoms with Gasteiger partial charge in [-0.05, 0) is 0 Å². The predicted octanol–water partition coefficient (Wildman–Crippen LogP) is -0.437. The Hall–Kier alpha value is -2.24. The summed E-state index contributed by atoms with van der Waals surface area (Å²) in [5.41, 5.74) is 0. The topological polar surface area (TPSA) is 127 Å². The van der Waals surface area contributed by atoms with E-state index in [9.17, 15) is 19.2 Å². The molecule has 1 aliphatic rings. The van der Waals surface area contributed by atoms with E-state index in [2.05, 4.69) is 0 Å². The first-order chi connectivity index (χ1) is 12.6. The van der Waals surface area contributed by atoms with Crippen LogP contribution in [0.1, 0.15) is 27.7 Å². The first-order valence-electron chi connectivity index (χ1n) is 8.14. The van der Waals surface area contributed by atoms with Crippen LogP contribution in [-0.2, 0) is 47.7 Å². The minimum absolute atomic E-state index is 0.286. The fourth-order valence-corrected chi connectivity index (χ4v) is 2.60. The smallest absolute Gasteiger partial charge is 0.303 e. The summed E-state index contributed by atoms with van der Waals surface area (Å²) >= 11 is 0. The van der Waals surface area contributed by atoms with Crippen molar-refractivity contribution < 1.29 is 47.7 Å². The average Bonchev–Trinajstić information content (AvgIpc) is 2.54. The second-order valence-electron chi connectivity index (χ2n) is 5.82. The van der Waals surface area contributed by atoms with Crippen LogP contribution in [-0.4, -0.2) is 80.3 Å². The van der Waals surface area contributed by atoms with Crippen molar-refractivity contribution in [2.45, 2.75) is 58.3 Å². The fraction of sp³-hybridized carbons (Fsp3) is 0.750. The molecule has 154 valence electrons. The van der Waals surface area contributed by atoms with Crippen LogP contribution in [0, 0.1) is 0 Å². The average molecular weight is 391 g/mol. The first-order valence-corrected chi connectivity index (χ1v) is 8.14. The minimum atomic E-state index is -1.22. The number of rotatable bonds is 7. The number of likely N-dealkylation sites (N-methyl/N-ethyl adjacent to an activating group) is 1. The lowest BCUT2D eigenvalue weighted by Crippen LogP contribution is -2.65. The summed E-state index contributed by atoms with van der Waals surface area (Å²) in [6.45, 7) is 4.39. The summed E-state index contributed by atoms with van der Waals surface area (Å²) in [7, 11) is 2.86. The Labute approximate surface area is 156 Å². The molecule has 11 heteroatoms. The van der Waals surface area contributed by atoms with Crippen LogP contribution in [0.25, 0.3) is 0 Å². The molecule has 0 amide bonds. The summed E-state index contributed by atoms with van der Waals surface area (Å²) in [4.78, 5) is 51.0. The number of carbonyl (C=O) groups is 4. The Balaban J connectivity index is 3.31. The van der Waals surface area contributed by atoms with Crippen molar-refractivity contribution in [1.82, 2.24) is 5.06 Å². The van der Waals surface area contributed by atoms with Crippen LogP contribution in [0.4, 0.5) is 0 Å². The Bertz CT molecular complexity index is 565. The lowest BCUT2D eigenvalue weighted by molar-refractivity contribution is -0.324. The normalized spacial score (nSPS) is 27.6. The summed E-state index contributed by atoms with van der Waals surface area (Å²) in [6, 6.07) is 0. The quantitative estimate of drug-likeness (QED) is 0.318. The van der Waals surface area contributed by atoms with Gasteiger partial charge in [0.15, 0.2) is 24.5 Å².